The molecule has 1 rings (SSSR count). The van der Waals surface area contributed by atoms with Crippen molar-refractivity contribution >= 4 is 11.9 Å². The van der Waals surface area contributed by atoms with Crippen LogP contribution in [0.2, 0.25) is 0 Å². The SMILES string of the molecule is CC(C)OCCC(=O)N(CC(=O)O)Cc1ccccc1. The summed E-state index contributed by atoms with van der Waals surface area (Å²) >= 11 is 0. The molecule has 0 spiro atoms. The number of carbonyl (C=O) groups excluding carboxylic acids is 1. The van der Waals surface area contributed by atoms with Gasteiger partial charge in [0.2, 0.25) is 5.91 Å². The molecule has 0 saturated heterocycles. The first-order valence-electron chi connectivity index (χ1n) is 6.64. The zero-order valence-electron chi connectivity index (χ0n) is 11.9. The third kappa shape index (κ3) is 6.33. The number of rotatable bonds is 8. The van der Waals surface area contributed by atoms with Crippen molar-refractivity contribution in [1.29, 1.82) is 0 Å². The van der Waals surface area contributed by atoms with E-state index in [1.807, 2.05) is 44.2 Å². The van der Waals surface area contributed by atoms with Crippen LogP contribution in [0.1, 0.15) is 25.8 Å². The topological polar surface area (TPSA) is 66.8 Å². The van der Waals surface area contributed by atoms with Crippen LogP contribution in [-0.2, 0) is 20.9 Å². The van der Waals surface area contributed by atoms with Gasteiger partial charge in [-0.25, -0.2) is 0 Å². The van der Waals surface area contributed by atoms with Crippen LogP contribution in [0, 0.1) is 0 Å². The summed E-state index contributed by atoms with van der Waals surface area (Å²) in [5.41, 5.74) is 0.909. The molecule has 0 aliphatic carbocycles. The smallest absolute Gasteiger partial charge is 0.323 e. The van der Waals surface area contributed by atoms with Gasteiger partial charge >= 0.3 is 5.97 Å². The average molecular weight is 279 g/mol. The highest BCUT2D eigenvalue weighted by molar-refractivity contribution is 5.81. The lowest BCUT2D eigenvalue weighted by atomic mass is 10.2. The summed E-state index contributed by atoms with van der Waals surface area (Å²) in [6.45, 7) is 4.09. The van der Waals surface area contributed by atoms with Gasteiger partial charge in [-0.05, 0) is 19.4 Å². The molecule has 0 aliphatic heterocycles. The van der Waals surface area contributed by atoms with Crippen molar-refractivity contribution in [2.24, 2.45) is 0 Å². The Morgan fingerprint density at radius 1 is 1.25 bits per heavy atom. The number of benzene rings is 1. The van der Waals surface area contributed by atoms with Gasteiger partial charge in [0, 0.05) is 6.54 Å². The Hall–Kier alpha value is -1.88. The van der Waals surface area contributed by atoms with E-state index in [4.69, 9.17) is 9.84 Å². The minimum absolute atomic E-state index is 0.0600. The molecule has 0 unspecified atom stereocenters. The van der Waals surface area contributed by atoms with Crippen LogP contribution in [0.4, 0.5) is 0 Å². The standard InChI is InChI=1S/C15H21NO4/c1-12(2)20-9-8-14(17)16(11-15(18)19)10-13-6-4-3-5-7-13/h3-7,12H,8-11H2,1-2H3,(H,18,19). The minimum atomic E-state index is -1.01. The van der Waals surface area contributed by atoms with Crippen LogP contribution in [0.3, 0.4) is 0 Å². The van der Waals surface area contributed by atoms with E-state index in [2.05, 4.69) is 0 Å². The molecule has 0 radical (unpaired) electrons. The van der Waals surface area contributed by atoms with Crippen molar-refractivity contribution in [2.75, 3.05) is 13.2 Å². The number of carboxylic acids is 1. The molecular formula is C15H21NO4. The van der Waals surface area contributed by atoms with E-state index in [-0.39, 0.29) is 25.0 Å². The second-order valence-electron chi connectivity index (χ2n) is 4.80. The first-order chi connectivity index (χ1) is 9.49. The number of hydrogen-bond donors (Lipinski definition) is 1. The summed E-state index contributed by atoms with van der Waals surface area (Å²) in [4.78, 5) is 24.2. The van der Waals surface area contributed by atoms with E-state index in [1.165, 1.54) is 4.90 Å². The molecule has 110 valence electrons. The van der Waals surface area contributed by atoms with Gasteiger partial charge in [0.25, 0.3) is 0 Å². The largest absolute Gasteiger partial charge is 0.480 e. The second-order valence-corrected chi connectivity index (χ2v) is 4.80. The number of carboxylic acid groups (broad SMARTS) is 1. The number of ether oxygens (including phenoxy) is 1. The molecule has 1 aromatic carbocycles. The average Bonchev–Trinajstić information content (AvgIpc) is 2.38. The molecule has 0 aromatic heterocycles. The van der Waals surface area contributed by atoms with Crippen molar-refractivity contribution in [1.82, 2.24) is 4.90 Å². The Morgan fingerprint density at radius 3 is 2.45 bits per heavy atom. The van der Waals surface area contributed by atoms with E-state index in [0.717, 1.165) is 5.56 Å². The van der Waals surface area contributed by atoms with Gasteiger partial charge in [-0.1, -0.05) is 30.3 Å². The molecule has 1 amide bonds. The molecule has 0 bridgehead atoms. The molecule has 1 aromatic rings. The van der Waals surface area contributed by atoms with Crippen molar-refractivity contribution in [3.05, 3.63) is 35.9 Å². The van der Waals surface area contributed by atoms with E-state index in [0.29, 0.717) is 13.2 Å². The van der Waals surface area contributed by atoms with Gasteiger partial charge < -0.3 is 14.7 Å². The summed E-state index contributed by atoms with van der Waals surface area (Å²) in [5.74, 6) is -1.23. The Balaban J connectivity index is 2.59. The number of hydrogen-bond acceptors (Lipinski definition) is 3. The molecule has 0 aliphatic rings. The maximum absolute atomic E-state index is 12.0. The van der Waals surface area contributed by atoms with E-state index in [1.54, 1.807) is 0 Å². The number of nitrogens with zero attached hydrogens (tertiary/aromatic N) is 1. The van der Waals surface area contributed by atoms with Crippen LogP contribution < -0.4 is 0 Å². The van der Waals surface area contributed by atoms with Gasteiger partial charge in [0.05, 0.1) is 19.1 Å². The van der Waals surface area contributed by atoms with Crippen LogP contribution in [0.5, 0.6) is 0 Å². The Labute approximate surface area is 119 Å². The Morgan fingerprint density at radius 2 is 1.90 bits per heavy atom. The minimum Gasteiger partial charge on any atom is -0.480 e. The molecule has 0 atom stereocenters. The molecule has 0 fully saturated rings. The maximum atomic E-state index is 12.0. The molecule has 20 heavy (non-hydrogen) atoms. The molecule has 0 heterocycles. The van der Waals surface area contributed by atoms with Gasteiger partial charge in [-0.3, -0.25) is 9.59 Å². The van der Waals surface area contributed by atoms with Gasteiger partial charge in [0.1, 0.15) is 6.54 Å². The lowest BCUT2D eigenvalue weighted by Crippen LogP contribution is -2.35. The van der Waals surface area contributed by atoms with Crippen molar-refractivity contribution < 1.29 is 19.4 Å². The zero-order valence-corrected chi connectivity index (χ0v) is 11.9. The third-order valence-corrected chi connectivity index (χ3v) is 2.66. The first-order valence-corrected chi connectivity index (χ1v) is 6.64. The quantitative estimate of drug-likeness (QED) is 0.789. The second kappa shape index (κ2) is 8.32. The van der Waals surface area contributed by atoms with E-state index in [9.17, 15) is 9.59 Å². The van der Waals surface area contributed by atoms with Crippen LogP contribution in [-0.4, -0.2) is 41.1 Å². The normalized spacial score (nSPS) is 10.6. The fraction of sp³-hybridized carbons (Fsp3) is 0.467. The van der Waals surface area contributed by atoms with Crippen LogP contribution in [0.15, 0.2) is 30.3 Å². The summed E-state index contributed by atoms with van der Waals surface area (Å²) in [6, 6.07) is 9.34. The summed E-state index contributed by atoms with van der Waals surface area (Å²) < 4.78 is 5.32. The first kappa shape index (κ1) is 16.2. The fourth-order valence-corrected chi connectivity index (χ4v) is 1.74. The van der Waals surface area contributed by atoms with Crippen LogP contribution in [0.25, 0.3) is 0 Å². The highest BCUT2D eigenvalue weighted by Gasteiger charge is 2.17. The highest BCUT2D eigenvalue weighted by Crippen LogP contribution is 2.06. The van der Waals surface area contributed by atoms with E-state index >= 15 is 0 Å². The maximum Gasteiger partial charge on any atom is 0.323 e. The Bertz CT molecular complexity index is 431. The van der Waals surface area contributed by atoms with Crippen molar-refractivity contribution in [2.45, 2.75) is 32.9 Å². The fourth-order valence-electron chi connectivity index (χ4n) is 1.74. The van der Waals surface area contributed by atoms with E-state index < -0.39 is 5.97 Å². The highest BCUT2D eigenvalue weighted by atomic mass is 16.5. The molecule has 1 N–H and O–H groups in total. The predicted molar refractivity (Wildman–Crippen MR) is 75.2 cm³/mol. The van der Waals surface area contributed by atoms with Gasteiger partial charge in [-0.2, -0.15) is 0 Å². The molecule has 5 nitrogen and oxygen atoms in total. The van der Waals surface area contributed by atoms with Crippen LogP contribution >= 0.6 is 0 Å². The Kier molecular flexibility index (Phi) is 6.73. The number of amides is 1. The third-order valence-electron chi connectivity index (χ3n) is 2.66. The van der Waals surface area contributed by atoms with Crippen molar-refractivity contribution in [3.8, 4) is 0 Å². The summed E-state index contributed by atoms with van der Waals surface area (Å²) in [5, 5.41) is 8.90. The monoisotopic (exact) mass is 279 g/mol. The lowest BCUT2D eigenvalue weighted by Gasteiger charge is -2.21. The van der Waals surface area contributed by atoms with Gasteiger partial charge in [0.15, 0.2) is 0 Å². The molecule has 0 saturated carbocycles. The number of carbonyl (C=O) groups is 2. The summed E-state index contributed by atoms with van der Waals surface area (Å²) in [6.07, 6.45) is 0.253. The van der Waals surface area contributed by atoms with Gasteiger partial charge in [-0.15, -0.1) is 0 Å². The molecular weight excluding hydrogens is 258 g/mol. The zero-order chi connectivity index (χ0) is 15.0. The van der Waals surface area contributed by atoms with Crippen molar-refractivity contribution in [3.63, 3.8) is 0 Å². The predicted octanol–water partition coefficient (Wildman–Crippen LogP) is 1.91. The number of aliphatic carboxylic acids is 1. The lowest BCUT2D eigenvalue weighted by molar-refractivity contribution is -0.145. The molecule has 5 heteroatoms. The summed E-state index contributed by atoms with van der Waals surface area (Å²) in [7, 11) is 0.